The molecule has 144 valence electrons. The molecule has 0 aliphatic rings. The lowest BCUT2D eigenvalue weighted by molar-refractivity contribution is 0.102. The Hall–Kier alpha value is -3.28. The molecule has 28 heavy (non-hydrogen) atoms. The van der Waals surface area contributed by atoms with E-state index in [-0.39, 0.29) is 11.7 Å². The average Bonchev–Trinajstić information content (AvgIpc) is 2.68. The zero-order valence-electron chi connectivity index (χ0n) is 16.2. The Kier molecular flexibility index (Phi) is 5.99. The molecule has 0 spiro atoms. The summed E-state index contributed by atoms with van der Waals surface area (Å²) in [5, 5.41) is 6.07. The molecule has 1 heterocycles. The van der Waals surface area contributed by atoms with Crippen molar-refractivity contribution >= 4 is 17.5 Å². The molecule has 2 aromatic carbocycles. The van der Waals surface area contributed by atoms with E-state index in [0.29, 0.717) is 23.9 Å². The third-order valence-electron chi connectivity index (χ3n) is 4.43. The van der Waals surface area contributed by atoms with Gasteiger partial charge >= 0.3 is 0 Å². The number of aromatic nitrogens is 2. The van der Waals surface area contributed by atoms with Gasteiger partial charge in [-0.15, -0.1) is 0 Å². The second kappa shape index (κ2) is 8.61. The number of nitrogens with one attached hydrogen (secondary N) is 2. The number of anilines is 2. The molecule has 0 saturated carbocycles. The van der Waals surface area contributed by atoms with Crippen LogP contribution in [0.2, 0.25) is 0 Å². The average molecular weight is 378 g/mol. The predicted molar refractivity (Wildman–Crippen MR) is 109 cm³/mol. The van der Waals surface area contributed by atoms with Gasteiger partial charge in [-0.25, -0.2) is 14.4 Å². The number of halogens is 1. The quantitative estimate of drug-likeness (QED) is 0.655. The summed E-state index contributed by atoms with van der Waals surface area (Å²) in [7, 11) is 0. The number of amides is 1. The lowest BCUT2D eigenvalue weighted by atomic mass is 10.1. The maximum Gasteiger partial charge on any atom is 0.274 e. The Labute approximate surface area is 164 Å². The molecule has 6 heteroatoms. The lowest BCUT2D eigenvalue weighted by Crippen LogP contribution is -2.17. The van der Waals surface area contributed by atoms with E-state index in [2.05, 4.69) is 27.5 Å². The second-order valence-electron chi connectivity index (χ2n) is 6.61. The summed E-state index contributed by atoms with van der Waals surface area (Å²) in [4.78, 5) is 21.4. The number of aryl methyl sites for hydroxylation is 3. The van der Waals surface area contributed by atoms with Crippen LogP contribution in [0.4, 0.5) is 16.0 Å². The van der Waals surface area contributed by atoms with Gasteiger partial charge in [0.2, 0.25) is 5.95 Å². The predicted octanol–water partition coefficient (Wildman–Crippen LogP) is 4.66. The zero-order chi connectivity index (χ0) is 20.1. The van der Waals surface area contributed by atoms with Crippen molar-refractivity contribution in [2.24, 2.45) is 0 Å². The molecule has 0 fully saturated rings. The van der Waals surface area contributed by atoms with E-state index in [1.165, 1.54) is 12.1 Å². The van der Waals surface area contributed by atoms with Crippen molar-refractivity contribution in [2.45, 2.75) is 33.7 Å². The fraction of sp³-hybridized carbons (Fsp3) is 0.227. The Morgan fingerprint density at radius 3 is 2.54 bits per heavy atom. The van der Waals surface area contributed by atoms with Crippen molar-refractivity contribution in [3.05, 3.63) is 82.4 Å². The first-order valence-corrected chi connectivity index (χ1v) is 9.20. The molecule has 0 saturated heterocycles. The maximum absolute atomic E-state index is 13.0. The topological polar surface area (TPSA) is 66.9 Å². The molecular formula is C22H23FN4O. The minimum Gasteiger partial charge on any atom is -0.350 e. The fourth-order valence-corrected chi connectivity index (χ4v) is 2.93. The molecule has 0 radical (unpaired) electrons. The summed E-state index contributed by atoms with van der Waals surface area (Å²) in [5.41, 5.74) is 4.78. The number of benzene rings is 2. The standard InChI is InChI=1S/C22H23FN4O/c1-4-17-7-5-6-14(2)20(17)27-21(28)19-12-15(3)25-22(26-19)24-13-16-8-10-18(23)11-9-16/h5-12H,4,13H2,1-3H3,(H,27,28)(H,24,25,26). The van der Waals surface area contributed by atoms with Gasteiger partial charge in [-0.1, -0.05) is 37.3 Å². The number of carbonyl (C=O) groups is 1. The van der Waals surface area contributed by atoms with Gasteiger partial charge < -0.3 is 10.6 Å². The van der Waals surface area contributed by atoms with Crippen molar-refractivity contribution in [1.82, 2.24) is 9.97 Å². The maximum atomic E-state index is 13.0. The highest BCUT2D eigenvalue weighted by atomic mass is 19.1. The molecule has 2 N–H and O–H groups in total. The molecular weight excluding hydrogens is 355 g/mol. The van der Waals surface area contributed by atoms with Gasteiger partial charge in [0.25, 0.3) is 5.91 Å². The summed E-state index contributed by atoms with van der Waals surface area (Å²) < 4.78 is 13.0. The van der Waals surface area contributed by atoms with Gasteiger partial charge in [0, 0.05) is 17.9 Å². The largest absolute Gasteiger partial charge is 0.350 e. The monoisotopic (exact) mass is 378 g/mol. The summed E-state index contributed by atoms with van der Waals surface area (Å²) in [6.07, 6.45) is 0.824. The van der Waals surface area contributed by atoms with Crippen LogP contribution in [0.5, 0.6) is 0 Å². The van der Waals surface area contributed by atoms with Gasteiger partial charge in [0.05, 0.1) is 0 Å². The van der Waals surface area contributed by atoms with Crippen molar-refractivity contribution in [1.29, 1.82) is 0 Å². The fourth-order valence-electron chi connectivity index (χ4n) is 2.93. The van der Waals surface area contributed by atoms with E-state index in [1.807, 2.05) is 32.0 Å². The Bertz CT molecular complexity index is 986. The second-order valence-corrected chi connectivity index (χ2v) is 6.61. The number of para-hydroxylation sites is 1. The minimum atomic E-state index is -0.280. The van der Waals surface area contributed by atoms with Crippen LogP contribution >= 0.6 is 0 Å². The smallest absolute Gasteiger partial charge is 0.274 e. The van der Waals surface area contributed by atoms with Gasteiger partial charge in [-0.3, -0.25) is 4.79 Å². The Morgan fingerprint density at radius 1 is 1.07 bits per heavy atom. The van der Waals surface area contributed by atoms with Crippen molar-refractivity contribution in [2.75, 3.05) is 10.6 Å². The molecule has 3 aromatic rings. The molecule has 0 aliphatic carbocycles. The Morgan fingerprint density at radius 2 is 1.82 bits per heavy atom. The van der Waals surface area contributed by atoms with E-state index in [4.69, 9.17) is 0 Å². The van der Waals surface area contributed by atoms with Crippen LogP contribution in [0.25, 0.3) is 0 Å². The molecule has 0 atom stereocenters. The highest BCUT2D eigenvalue weighted by molar-refractivity contribution is 6.04. The molecule has 3 rings (SSSR count). The molecule has 0 aliphatic heterocycles. The molecule has 1 amide bonds. The molecule has 1 aromatic heterocycles. The minimum absolute atomic E-state index is 0.278. The molecule has 0 unspecified atom stereocenters. The molecule has 5 nitrogen and oxygen atoms in total. The van der Waals surface area contributed by atoms with Gasteiger partial charge in [0.1, 0.15) is 11.5 Å². The third-order valence-corrected chi connectivity index (χ3v) is 4.43. The van der Waals surface area contributed by atoms with E-state index in [1.54, 1.807) is 18.2 Å². The number of rotatable bonds is 6. The summed E-state index contributed by atoms with van der Waals surface area (Å²) in [5.74, 6) is -0.202. The van der Waals surface area contributed by atoms with E-state index in [9.17, 15) is 9.18 Å². The van der Waals surface area contributed by atoms with Crippen LogP contribution in [0, 0.1) is 19.7 Å². The van der Waals surface area contributed by atoms with Crippen molar-refractivity contribution in [3.63, 3.8) is 0 Å². The van der Waals surface area contributed by atoms with Gasteiger partial charge in [-0.05, 0) is 55.2 Å². The Balaban J connectivity index is 1.77. The van der Waals surface area contributed by atoms with Crippen molar-refractivity contribution < 1.29 is 9.18 Å². The van der Waals surface area contributed by atoms with Gasteiger partial charge in [0.15, 0.2) is 0 Å². The van der Waals surface area contributed by atoms with Crippen LogP contribution in [-0.4, -0.2) is 15.9 Å². The summed E-state index contributed by atoms with van der Waals surface area (Å²) in [6.45, 7) is 6.27. The van der Waals surface area contributed by atoms with Crippen LogP contribution < -0.4 is 10.6 Å². The van der Waals surface area contributed by atoms with E-state index >= 15 is 0 Å². The van der Waals surface area contributed by atoms with Crippen molar-refractivity contribution in [3.8, 4) is 0 Å². The normalized spacial score (nSPS) is 10.6. The summed E-state index contributed by atoms with van der Waals surface area (Å²) in [6, 6.07) is 13.8. The zero-order valence-corrected chi connectivity index (χ0v) is 16.2. The highest BCUT2D eigenvalue weighted by Crippen LogP contribution is 2.22. The first-order valence-electron chi connectivity index (χ1n) is 9.20. The number of nitrogens with zero attached hydrogens (tertiary/aromatic N) is 2. The SMILES string of the molecule is CCc1cccc(C)c1NC(=O)c1cc(C)nc(NCc2ccc(F)cc2)n1. The van der Waals surface area contributed by atoms with Crippen LogP contribution in [0.15, 0.2) is 48.5 Å². The van der Waals surface area contributed by atoms with E-state index < -0.39 is 0 Å². The first kappa shape index (κ1) is 19.5. The van der Waals surface area contributed by atoms with E-state index in [0.717, 1.165) is 28.8 Å². The number of hydrogen-bond donors (Lipinski definition) is 2. The van der Waals surface area contributed by atoms with Gasteiger partial charge in [-0.2, -0.15) is 0 Å². The summed E-state index contributed by atoms with van der Waals surface area (Å²) >= 11 is 0. The lowest BCUT2D eigenvalue weighted by Gasteiger charge is -2.13. The van der Waals surface area contributed by atoms with Crippen LogP contribution in [-0.2, 0) is 13.0 Å². The number of carbonyl (C=O) groups excluding carboxylic acids is 1. The molecule has 0 bridgehead atoms. The number of hydrogen-bond acceptors (Lipinski definition) is 4. The van der Waals surface area contributed by atoms with Crippen LogP contribution in [0.1, 0.15) is 39.8 Å². The third kappa shape index (κ3) is 4.71. The highest BCUT2D eigenvalue weighted by Gasteiger charge is 2.14. The first-order chi connectivity index (χ1) is 13.5. The van der Waals surface area contributed by atoms with Crippen LogP contribution in [0.3, 0.4) is 0 Å².